The fourth-order valence-electron chi connectivity index (χ4n) is 3.44. The minimum atomic E-state index is -3.72. The molecule has 36 heavy (non-hydrogen) atoms. The van der Waals surface area contributed by atoms with Gasteiger partial charge in [0.15, 0.2) is 0 Å². The van der Waals surface area contributed by atoms with Crippen LogP contribution in [0.5, 0.6) is 5.75 Å². The Bertz CT molecular complexity index is 1550. The number of sulfonamides is 1. The third kappa shape index (κ3) is 5.13. The number of primary amides is 1. The van der Waals surface area contributed by atoms with E-state index in [0.717, 1.165) is 28.3 Å². The number of hydrogen-bond donors (Lipinski definition) is 1. The lowest BCUT2D eigenvalue weighted by Crippen LogP contribution is -2.25. The van der Waals surface area contributed by atoms with E-state index in [-0.39, 0.29) is 40.3 Å². The third-order valence-electron chi connectivity index (χ3n) is 5.25. The number of fused-ring (bicyclic) bond motifs is 1. The second-order valence-electron chi connectivity index (χ2n) is 7.71. The Hall–Kier alpha value is -4.45. The van der Waals surface area contributed by atoms with Gasteiger partial charge in [-0.2, -0.15) is 0 Å². The summed E-state index contributed by atoms with van der Waals surface area (Å²) in [4.78, 5) is 28.1. The van der Waals surface area contributed by atoms with Crippen molar-refractivity contribution in [2.45, 2.75) is 6.61 Å². The van der Waals surface area contributed by atoms with Gasteiger partial charge in [0.05, 0.1) is 11.9 Å². The first-order chi connectivity index (χ1) is 17.0. The number of furan rings is 1. The van der Waals surface area contributed by atoms with Gasteiger partial charge in [-0.25, -0.2) is 22.4 Å². The summed E-state index contributed by atoms with van der Waals surface area (Å²) in [5, 5.41) is 0.163. The van der Waals surface area contributed by atoms with Crippen LogP contribution in [0.15, 0.2) is 65.3 Å². The molecule has 0 spiro atoms. The molecule has 0 unspecified atom stereocenters. The van der Waals surface area contributed by atoms with Gasteiger partial charge in [-0.3, -0.25) is 9.29 Å². The number of esters is 1. The smallest absolute Gasteiger partial charge is 0.412 e. The van der Waals surface area contributed by atoms with Crippen molar-refractivity contribution in [1.82, 2.24) is 4.98 Å². The van der Waals surface area contributed by atoms with E-state index in [9.17, 15) is 22.4 Å². The molecule has 0 radical (unpaired) electrons. The molecule has 4 rings (SSSR count). The van der Waals surface area contributed by atoms with Crippen LogP contribution in [-0.2, 0) is 21.4 Å². The van der Waals surface area contributed by atoms with E-state index in [0.29, 0.717) is 5.56 Å². The molecule has 2 aromatic carbocycles. The maximum absolute atomic E-state index is 13.5. The zero-order valence-corrected chi connectivity index (χ0v) is 19.9. The molecule has 0 atom stereocenters. The first-order valence-corrected chi connectivity index (χ1v) is 12.2. The lowest BCUT2D eigenvalue weighted by Gasteiger charge is -2.20. The lowest BCUT2D eigenvalue weighted by molar-refractivity contribution is 0.0640. The Labute approximate surface area is 205 Å². The van der Waals surface area contributed by atoms with E-state index >= 15 is 0 Å². The highest BCUT2D eigenvalue weighted by molar-refractivity contribution is 7.92. The normalized spacial score (nSPS) is 11.3. The minimum Gasteiger partial charge on any atom is -0.487 e. The molecule has 4 aromatic rings. The molecule has 12 heteroatoms. The van der Waals surface area contributed by atoms with Crippen LogP contribution >= 0.6 is 0 Å². The van der Waals surface area contributed by atoms with Gasteiger partial charge in [-0.1, -0.05) is 0 Å². The quantitative estimate of drug-likeness (QED) is 0.290. The van der Waals surface area contributed by atoms with Crippen molar-refractivity contribution in [1.29, 1.82) is 0 Å². The molecule has 2 aromatic heterocycles. The van der Waals surface area contributed by atoms with Crippen LogP contribution in [0.1, 0.15) is 15.9 Å². The van der Waals surface area contributed by atoms with Crippen LogP contribution in [0.25, 0.3) is 22.3 Å². The number of nitrogens with zero attached hydrogens (tertiary/aromatic N) is 2. The highest BCUT2D eigenvalue weighted by Crippen LogP contribution is 2.41. The summed E-state index contributed by atoms with van der Waals surface area (Å²) in [6.45, 7) is 0.0579. The average Bonchev–Trinajstić information content (AvgIpc) is 3.20. The van der Waals surface area contributed by atoms with E-state index in [1.807, 2.05) is 0 Å². The van der Waals surface area contributed by atoms with E-state index in [1.54, 1.807) is 24.5 Å². The molecule has 10 nitrogen and oxygen atoms in total. The van der Waals surface area contributed by atoms with Crippen molar-refractivity contribution in [2.75, 3.05) is 17.6 Å². The number of aromatic nitrogens is 1. The number of amides is 1. The minimum absolute atomic E-state index is 0.0320. The van der Waals surface area contributed by atoms with Crippen LogP contribution in [0.2, 0.25) is 0 Å². The fraction of sp³-hybridized carbons (Fsp3) is 0.125. The van der Waals surface area contributed by atoms with Gasteiger partial charge >= 0.3 is 12.1 Å². The molecule has 1 amide bonds. The molecule has 0 aliphatic heterocycles. The number of benzene rings is 2. The molecular weight excluding hydrogens is 493 g/mol. The Morgan fingerprint density at radius 1 is 1.11 bits per heavy atom. The van der Waals surface area contributed by atoms with Crippen molar-refractivity contribution in [3.8, 4) is 17.1 Å². The molecule has 2 N–H and O–H groups in total. The average molecular weight is 514 g/mol. The maximum atomic E-state index is 13.5. The van der Waals surface area contributed by atoms with E-state index in [1.165, 1.54) is 31.3 Å². The van der Waals surface area contributed by atoms with Gasteiger partial charge in [0, 0.05) is 36.5 Å². The standard InChI is InChI=1S/C24H20FN3O7S/c1-28(36(2,31)32)18-12-19-17(11-20(18)33-13-14-7-9-27-10-8-14)21(23(29)35-24(26)30)22(34-19)15-3-5-16(25)6-4-15/h3-12H,13H2,1-2H3,(H2,26,30). The first-order valence-electron chi connectivity index (χ1n) is 10.4. The molecule has 0 bridgehead atoms. The molecule has 0 saturated heterocycles. The number of ether oxygens (including phenoxy) is 2. The predicted octanol–water partition coefficient (Wildman–Crippen LogP) is 3.84. The number of hydrogen-bond acceptors (Lipinski definition) is 8. The largest absolute Gasteiger partial charge is 0.487 e. The number of anilines is 1. The zero-order chi connectivity index (χ0) is 26.0. The Morgan fingerprint density at radius 3 is 2.39 bits per heavy atom. The summed E-state index contributed by atoms with van der Waals surface area (Å²) < 4.78 is 55.6. The van der Waals surface area contributed by atoms with Gasteiger partial charge in [-0.05, 0) is 48.0 Å². The Balaban J connectivity index is 1.93. The maximum Gasteiger partial charge on any atom is 0.412 e. The Kier molecular flexibility index (Phi) is 6.62. The van der Waals surface area contributed by atoms with Crippen molar-refractivity contribution in [3.05, 3.63) is 77.9 Å². The second kappa shape index (κ2) is 9.66. The van der Waals surface area contributed by atoms with Gasteiger partial charge in [-0.15, -0.1) is 0 Å². The number of carbonyl (C=O) groups excluding carboxylic acids is 2. The third-order valence-corrected chi connectivity index (χ3v) is 6.45. The molecule has 2 heterocycles. The summed E-state index contributed by atoms with van der Waals surface area (Å²) in [5.74, 6) is -1.55. The molecule has 0 fully saturated rings. The van der Waals surface area contributed by atoms with Crippen LogP contribution < -0.4 is 14.8 Å². The number of nitrogens with two attached hydrogens (primary N) is 1. The lowest BCUT2D eigenvalue weighted by atomic mass is 10.0. The predicted molar refractivity (Wildman–Crippen MR) is 128 cm³/mol. The summed E-state index contributed by atoms with van der Waals surface area (Å²) in [6, 6.07) is 11.3. The number of halogens is 1. The van der Waals surface area contributed by atoms with Gasteiger partial charge in [0.2, 0.25) is 10.0 Å². The van der Waals surface area contributed by atoms with Gasteiger partial charge < -0.3 is 19.6 Å². The Morgan fingerprint density at radius 2 is 1.78 bits per heavy atom. The van der Waals surface area contributed by atoms with Crippen molar-refractivity contribution in [2.24, 2.45) is 5.73 Å². The van der Waals surface area contributed by atoms with E-state index in [2.05, 4.69) is 9.72 Å². The monoisotopic (exact) mass is 513 g/mol. The van der Waals surface area contributed by atoms with Crippen molar-refractivity contribution in [3.63, 3.8) is 0 Å². The highest BCUT2D eigenvalue weighted by atomic mass is 32.2. The first kappa shape index (κ1) is 24.7. The van der Waals surface area contributed by atoms with Crippen LogP contribution in [-0.4, -0.2) is 38.8 Å². The molecule has 0 aliphatic carbocycles. The van der Waals surface area contributed by atoms with Crippen LogP contribution in [0, 0.1) is 5.82 Å². The summed E-state index contributed by atoms with van der Waals surface area (Å²) in [6.07, 6.45) is 2.84. The second-order valence-corrected chi connectivity index (χ2v) is 9.73. The summed E-state index contributed by atoms with van der Waals surface area (Å²) in [7, 11) is -2.38. The van der Waals surface area contributed by atoms with Crippen LogP contribution in [0.3, 0.4) is 0 Å². The van der Waals surface area contributed by atoms with Gasteiger partial charge in [0.1, 0.15) is 35.1 Å². The van der Waals surface area contributed by atoms with Crippen LogP contribution in [0.4, 0.5) is 14.9 Å². The van der Waals surface area contributed by atoms with Crippen molar-refractivity contribution < 1.29 is 36.3 Å². The zero-order valence-electron chi connectivity index (χ0n) is 19.1. The van der Waals surface area contributed by atoms with Crippen molar-refractivity contribution >= 4 is 38.7 Å². The highest BCUT2D eigenvalue weighted by Gasteiger charge is 2.28. The number of rotatable bonds is 7. The molecule has 0 saturated carbocycles. The molecule has 0 aliphatic rings. The van der Waals surface area contributed by atoms with Gasteiger partial charge in [0.25, 0.3) is 0 Å². The summed E-state index contributed by atoms with van der Waals surface area (Å²) >= 11 is 0. The number of carbonyl (C=O) groups is 2. The topological polar surface area (TPSA) is 142 Å². The summed E-state index contributed by atoms with van der Waals surface area (Å²) in [5.41, 5.74) is 6.16. The van der Waals surface area contributed by atoms with E-state index in [4.69, 9.17) is 14.9 Å². The fourth-order valence-corrected chi connectivity index (χ4v) is 3.94. The van der Waals surface area contributed by atoms with E-state index < -0.39 is 27.9 Å². The SMILES string of the molecule is CN(c1cc2oc(-c3ccc(F)cc3)c(C(=O)OC(N)=O)c2cc1OCc1ccncc1)S(C)(=O)=O. The number of pyridine rings is 1. The molecular formula is C24H20FN3O7S. The molecule has 186 valence electrons.